The van der Waals surface area contributed by atoms with Gasteiger partial charge in [-0.15, -0.1) is 0 Å². The highest BCUT2D eigenvalue weighted by molar-refractivity contribution is 5.73. The molecule has 0 unspecified atom stereocenters. The SMILES string of the molecule is CC(C)(C)[C@]1(C=O)CCc2ccccc21. The van der Waals surface area contributed by atoms with Crippen molar-refractivity contribution in [2.75, 3.05) is 0 Å². The van der Waals surface area contributed by atoms with Crippen LogP contribution in [-0.4, -0.2) is 6.29 Å². The Hall–Kier alpha value is -1.11. The summed E-state index contributed by atoms with van der Waals surface area (Å²) in [4.78, 5) is 11.5. The van der Waals surface area contributed by atoms with Crippen LogP contribution < -0.4 is 0 Å². The zero-order valence-electron chi connectivity index (χ0n) is 9.71. The van der Waals surface area contributed by atoms with Crippen molar-refractivity contribution < 1.29 is 4.79 Å². The van der Waals surface area contributed by atoms with Crippen LogP contribution >= 0.6 is 0 Å². The van der Waals surface area contributed by atoms with Gasteiger partial charge in [0, 0.05) is 0 Å². The minimum atomic E-state index is -0.274. The van der Waals surface area contributed by atoms with Crippen molar-refractivity contribution in [3.05, 3.63) is 35.4 Å². The summed E-state index contributed by atoms with van der Waals surface area (Å²) in [6.07, 6.45) is 3.16. The molecule has 0 aliphatic heterocycles. The first-order chi connectivity index (χ1) is 7.01. The number of carbonyl (C=O) groups is 1. The molecule has 0 amide bonds. The Balaban J connectivity index is 2.61. The average Bonchev–Trinajstić information content (AvgIpc) is 2.56. The molecule has 0 radical (unpaired) electrons. The van der Waals surface area contributed by atoms with Crippen LogP contribution in [-0.2, 0) is 16.6 Å². The van der Waals surface area contributed by atoms with Crippen molar-refractivity contribution in [2.24, 2.45) is 5.41 Å². The molecule has 2 rings (SSSR count). The van der Waals surface area contributed by atoms with Gasteiger partial charge in [-0.2, -0.15) is 0 Å². The summed E-state index contributed by atoms with van der Waals surface area (Å²) in [5, 5.41) is 0. The third kappa shape index (κ3) is 1.33. The molecule has 1 aromatic rings. The van der Waals surface area contributed by atoms with Gasteiger partial charge in [-0.05, 0) is 29.4 Å². The third-order valence-corrected chi connectivity index (χ3v) is 3.83. The van der Waals surface area contributed by atoms with Gasteiger partial charge in [0.1, 0.15) is 6.29 Å². The van der Waals surface area contributed by atoms with Crippen molar-refractivity contribution in [2.45, 2.75) is 39.0 Å². The number of aldehydes is 1. The molecule has 0 bridgehead atoms. The largest absolute Gasteiger partial charge is 0.302 e. The predicted molar refractivity (Wildman–Crippen MR) is 62.0 cm³/mol. The first-order valence-corrected chi connectivity index (χ1v) is 5.56. The molecule has 0 fully saturated rings. The summed E-state index contributed by atoms with van der Waals surface area (Å²) in [7, 11) is 0. The first-order valence-electron chi connectivity index (χ1n) is 5.56. The molecule has 1 nitrogen and oxygen atoms in total. The van der Waals surface area contributed by atoms with E-state index in [2.05, 4.69) is 39.0 Å². The van der Waals surface area contributed by atoms with E-state index in [4.69, 9.17) is 0 Å². The molecule has 0 saturated heterocycles. The lowest BCUT2D eigenvalue weighted by Gasteiger charge is -2.38. The number of fused-ring (bicyclic) bond motifs is 1. The van der Waals surface area contributed by atoms with Crippen LogP contribution in [0.15, 0.2) is 24.3 Å². The highest BCUT2D eigenvalue weighted by Gasteiger charge is 2.47. The van der Waals surface area contributed by atoms with Crippen molar-refractivity contribution in [3.63, 3.8) is 0 Å². The van der Waals surface area contributed by atoms with E-state index < -0.39 is 0 Å². The van der Waals surface area contributed by atoms with Gasteiger partial charge in [-0.25, -0.2) is 0 Å². The monoisotopic (exact) mass is 202 g/mol. The fraction of sp³-hybridized carbons (Fsp3) is 0.500. The maximum absolute atomic E-state index is 11.5. The summed E-state index contributed by atoms with van der Waals surface area (Å²) in [5.74, 6) is 0. The minimum Gasteiger partial charge on any atom is -0.302 e. The number of hydrogen-bond donors (Lipinski definition) is 0. The lowest BCUT2D eigenvalue weighted by Crippen LogP contribution is -2.39. The second-order valence-corrected chi connectivity index (χ2v) is 5.50. The predicted octanol–water partition coefficient (Wildman–Crippen LogP) is 3.12. The van der Waals surface area contributed by atoms with Crippen LogP contribution in [0.25, 0.3) is 0 Å². The van der Waals surface area contributed by atoms with Gasteiger partial charge in [0.05, 0.1) is 5.41 Å². The molecule has 1 aliphatic rings. The number of aryl methyl sites for hydroxylation is 1. The first kappa shape index (κ1) is 10.4. The number of hydrogen-bond acceptors (Lipinski definition) is 1. The fourth-order valence-electron chi connectivity index (χ4n) is 2.72. The van der Waals surface area contributed by atoms with E-state index in [-0.39, 0.29) is 10.8 Å². The third-order valence-electron chi connectivity index (χ3n) is 3.83. The number of rotatable bonds is 1. The van der Waals surface area contributed by atoms with E-state index in [0.29, 0.717) is 0 Å². The molecular weight excluding hydrogens is 184 g/mol. The maximum atomic E-state index is 11.5. The fourth-order valence-corrected chi connectivity index (χ4v) is 2.72. The van der Waals surface area contributed by atoms with Gasteiger partial charge < -0.3 is 4.79 Å². The van der Waals surface area contributed by atoms with E-state index >= 15 is 0 Å². The van der Waals surface area contributed by atoms with Crippen LogP contribution in [0.1, 0.15) is 38.3 Å². The molecule has 80 valence electrons. The Morgan fingerprint density at radius 2 is 1.93 bits per heavy atom. The van der Waals surface area contributed by atoms with E-state index in [9.17, 15) is 4.79 Å². The highest BCUT2D eigenvalue weighted by atomic mass is 16.1. The minimum absolute atomic E-state index is 0.00134. The Morgan fingerprint density at radius 1 is 1.27 bits per heavy atom. The van der Waals surface area contributed by atoms with E-state index in [1.807, 2.05) is 6.07 Å². The van der Waals surface area contributed by atoms with Gasteiger partial charge in [0.2, 0.25) is 0 Å². The summed E-state index contributed by atoms with van der Waals surface area (Å²) in [6, 6.07) is 8.35. The van der Waals surface area contributed by atoms with Crippen LogP contribution in [0.2, 0.25) is 0 Å². The number of carbonyl (C=O) groups excluding carboxylic acids is 1. The Morgan fingerprint density at radius 3 is 2.53 bits per heavy atom. The molecule has 0 aromatic heterocycles. The van der Waals surface area contributed by atoms with Crippen LogP contribution in [0, 0.1) is 5.41 Å². The highest BCUT2D eigenvalue weighted by Crippen LogP contribution is 2.48. The smallest absolute Gasteiger partial charge is 0.131 e. The second-order valence-electron chi connectivity index (χ2n) is 5.50. The van der Waals surface area contributed by atoms with Crippen molar-refractivity contribution in [1.29, 1.82) is 0 Å². The van der Waals surface area contributed by atoms with Gasteiger partial charge in [0.15, 0.2) is 0 Å². The quantitative estimate of drug-likeness (QED) is 0.639. The lowest BCUT2D eigenvalue weighted by atomic mass is 9.64. The molecule has 1 atom stereocenters. The Kier molecular flexibility index (Phi) is 2.22. The second kappa shape index (κ2) is 3.19. The maximum Gasteiger partial charge on any atom is 0.131 e. The molecule has 0 N–H and O–H groups in total. The molecule has 1 heteroatoms. The van der Waals surface area contributed by atoms with E-state index in [1.54, 1.807) is 0 Å². The average molecular weight is 202 g/mol. The van der Waals surface area contributed by atoms with Crippen molar-refractivity contribution in [3.8, 4) is 0 Å². The zero-order valence-corrected chi connectivity index (χ0v) is 9.71. The van der Waals surface area contributed by atoms with Gasteiger partial charge in [0.25, 0.3) is 0 Å². The molecule has 1 aromatic carbocycles. The van der Waals surface area contributed by atoms with Crippen LogP contribution in [0.5, 0.6) is 0 Å². The summed E-state index contributed by atoms with van der Waals surface area (Å²) < 4.78 is 0. The van der Waals surface area contributed by atoms with Crippen molar-refractivity contribution >= 4 is 6.29 Å². The topological polar surface area (TPSA) is 17.1 Å². The zero-order chi connectivity index (χ0) is 11.1. The van der Waals surface area contributed by atoms with E-state index in [1.165, 1.54) is 17.4 Å². The molecule has 0 spiro atoms. The molecule has 1 aliphatic carbocycles. The van der Waals surface area contributed by atoms with Gasteiger partial charge in [-0.3, -0.25) is 0 Å². The molecule has 0 saturated carbocycles. The summed E-state index contributed by atoms with van der Waals surface area (Å²) in [6.45, 7) is 6.47. The van der Waals surface area contributed by atoms with Gasteiger partial charge in [-0.1, -0.05) is 45.0 Å². The molecule has 15 heavy (non-hydrogen) atoms. The normalized spacial score (nSPS) is 25.0. The summed E-state index contributed by atoms with van der Waals surface area (Å²) >= 11 is 0. The van der Waals surface area contributed by atoms with Crippen LogP contribution in [0.4, 0.5) is 0 Å². The lowest BCUT2D eigenvalue weighted by molar-refractivity contribution is -0.116. The van der Waals surface area contributed by atoms with Crippen molar-refractivity contribution in [1.82, 2.24) is 0 Å². The van der Waals surface area contributed by atoms with E-state index in [0.717, 1.165) is 12.8 Å². The molecule has 0 heterocycles. The number of benzene rings is 1. The van der Waals surface area contributed by atoms with Gasteiger partial charge >= 0.3 is 0 Å². The Labute approximate surface area is 91.5 Å². The molecular formula is C14H18O. The standard InChI is InChI=1S/C14H18O/c1-13(2,3)14(10-15)9-8-11-6-4-5-7-12(11)14/h4-7,10H,8-9H2,1-3H3/t14-/m0/s1. The summed E-state index contributed by atoms with van der Waals surface area (Å²) in [5.41, 5.74) is 2.32. The van der Waals surface area contributed by atoms with Crippen LogP contribution in [0.3, 0.4) is 0 Å². The Bertz CT molecular complexity index is 387.